The molecule has 0 aliphatic heterocycles. The Balaban J connectivity index is 2.19. The molecule has 0 fully saturated rings. The van der Waals surface area contributed by atoms with Gasteiger partial charge in [-0.1, -0.05) is 6.92 Å². The quantitative estimate of drug-likeness (QED) is 0.846. The third kappa shape index (κ3) is 4.53. The molecule has 0 saturated heterocycles. The van der Waals surface area contributed by atoms with Gasteiger partial charge in [0.25, 0.3) is 0 Å². The second-order valence-corrected chi connectivity index (χ2v) is 4.97. The van der Waals surface area contributed by atoms with Crippen LogP contribution in [0.1, 0.15) is 25.0 Å². The van der Waals surface area contributed by atoms with E-state index < -0.39 is 0 Å². The van der Waals surface area contributed by atoms with Gasteiger partial charge in [0.1, 0.15) is 5.82 Å². The van der Waals surface area contributed by atoms with Crippen molar-refractivity contribution in [3.05, 3.63) is 59.7 Å². The van der Waals surface area contributed by atoms with Crippen molar-refractivity contribution in [2.75, 3.05) is 18.0 Å². The highest BCUT2D eigenvalue weighted by Crippen LogP contribution is 2.20. The Morgan fingerprint density at radius 3 is 2.52 bits per heavy atom. The van der Waals surface area contributed by atoms with Gasteiger partial charge in [-0.25, -0.2) is 4.39 Å². The Kier molecular flexibility index (Phi) is 5.69. The van der Waals surface area contributed by atoms with Gasteiger partial charge >= 0.3 is 0 Å². The minimum absolute atomic E-state index is 0.186. The molecule has 1 heterocycles. The van der Waals surface area contributed by atoms with Crippen LogP contribution in [-0.2, 0) is 13.1 Å². The van der Waals surface area contributed by atoms with Gasteiger partial charge in [0.2, 0.25) is 0 Å². The van der Waals surface area contributed by atoms with Crippen LogP contribution in [0.15, 0.2) is 42.7 Å². The zero-order chi connectivity index (χ0) is 15.1. The average molecular weight is 287 g/mol. The largest absolute Gasteiger partial charge is 0.367 e. The van der Waals surface area contributed by atoms with Crippen LogP contribution in [0, 0.1) is 5.82 Å². The van der Waals surface area contributed by atoms with Crippen LogP contribution in [0.25, 0.3) is 0 Å². The van der Waals surface area contributed by atoms with E-state index in [2.05, 4.69) is 28.2 Å². The molecule has 0 aliphatic rings. The molecular weight excluding hydrogens is 265 g/mol. The molecule has 0 bridgehead atoms. The van der Waals surface area contributed by atoms with Crippen molar-refractivity contribution in [3.63, 3.8) is 0 Å². The fraction of sp³-hybridized carbons (Fsp3) is 0.353. The second-order valence-electron chi connectivity index (χ2n) is 4.97. The van der Waals surface area contributed by atoms with E-state index in [4.69, 9.17) is 0 Å². The molecule has 3 nitrogen and oxygen atoms in total. The molecule has 0 saturated carbocycles. The number of nitrogens with one attached hydrogen (secondary N) is 1. The van der Waals surface area contributed by atoms with Gasteiger partial charge in [-0.2, -0.15) is 0 Å². The molecule has 21 heavy (non-hydrogen) atoms. The van der Waals surface area contributed by atoms with Gasteiger partial charge in [0.15, 0.2) is 0 Å². The first-order valence-corrected chi connectivity index (χ1v) is 7.37. The molecule has 112 valence electrons. The fourth-order valence-electron chi connectivity index (χ4n) is 2.28. The topological polar surface area (TPSA) is 28.2 Å². The Bertz CT molecular complexity index is 557. The van der Waals surface area contributed by atoms with E-state index in [1.807, 2.05) is 19.1 Å². The van der Waals surface area contributed by atoms with Crippen molar-refractivity contribution in [2.24, 2.45) is 0 Å². The molecule has 1 N–H and O–H groups in total. The highest BCUT2D eigenvalue weighted by atomic mass is 19.1. The summed E-state index contributed by atoms with van der Waals surface area (Å²) in [4.78, 5) is 6.19. The smallest absolute Gasteiger partial charge is 0.125 e. The zero-order valence-electron chi connectivity index (χ0n) is 12.6. The Morgan fingerprint density at radius 1 is 1.10 bits per heavy atom. The van der Waals surface area contributed by atoms with Gasteiger partial charge in [-0.15, -0.1) is 0 Å². The number of anilines is 1. The minimum atomic E-state index is -0.186. The molecule has 0 unspecified atom stereocenters. The van der Waals surface area contributed by atoms with Crippen molar-refractivity contribution in [1.82, 2.24) is 10.3 Å². The van der Waals surface area contributed by atoms with E-state index in [-0.39, 0.29) is 5.82 Å². The molecule has 2 rings (SSSR count). The Morgan fingerprint density at radius 2 is 1.86 bits per heavy atom. The standard InChI is InChI=1S/C17H22FN3/c1-3-19-12-15-9-16(18)11-17(10-15)21(4-2)13-14-5-7-20-8-6-14/h5-11,19H,3-4,12-13H2,1-2H3. The summed E-state index contributed by atoms with van der Waals surface area (Å²) in [6.45, 7) is 7.27. The molecule has 1 aromatic carbocycles. The van der Waals surface area contributed by atoms with E-state index >= 15 is 0 Å². The van der Waals surface area contributed by atoms with Crippen LogP contribution in [0.5, 0.6) is 0 Å². The summed E-state index contributed by atoms with van der Waals surface area (Å²) >= 11 is 0. The number of pyridine rings is 1. The lowest BCUT2D eigenvalue weighted by Gasteiger charge is -2.24. The lowest BCUT2D eigenvalue weighted by Crippen LogP contribution is -2.22. The maximum atomic E-state index is 13.8. The van der Waals surface area contributed by atoms with Crippen LogP contribution in [0.4, 0.5) is 10.1 Å². The molecule has 0 spiro atoms. The van der Waals surface area contributed by atoms with Crippen LogP contribution in [0.3, 0.4) is 0 Å². The normalized spacial score (nSPS) is 10.6. The number of rotatable bonds is 7. The lowest BCUT2D eigenvalue weighted by atomic mass is 10.1. The minimum Gasteiger partial charge on any atom is -0.367 e. The summed E-state index contributed by atoms with van der Waals surface area (Å²) in [7, 11) is 0. The van der Waals surface area contributed by atoms with Gasteiger partial charge < -0.3 is 10.2 Å². The number of benzene rings is 1. The van der Waals surface area contributed by atoms with Crippen molar-refractivity contribution < 1.29 is 4.39 Å². The van der Waals surface area contributed by atoms with Gasteiger partial charge in [0, 0.05) is 37.7 Å². The number of nitrogens with zero attached hydrogens (tertiary/aromatic N) is 2. The lowest BCUT2D eigenvalue weighted by molar-refractivity contribution is 0.620. The Hall–Kier alpha value is -1.94. The SMILES string of the molecule is CCNCc1cc(F)cc(N(CC)Cc2ccncc2)c1. The van der Waals surface area contributed by atoms with Crippen molar-refractivity contribution in [3.8, 4) is 0 Å². The van der Waals surface area contributed by atoms with E-state index in [1.54, 1.807) is 24.5 Å². The van der Waals surface area contributed by atoms with Gasteiger partial charge in [-0.3, -0.25) is 4.98 Å². The van der Waals surface area contributed by atoms with Crippen molar-refractivity contribution >= 4 is 5.69 Å². The van der Waals surface area contributed by atoms with Crippen molar-refractivity contribution in [2.45, 2.75) is 26.9 Å². The maximum Gasteiger partial charge on any atom is 0.125 e. The molecular formula is C17H22FN3. The number of aromatic nitrogens is 1. The van der Waals surface area contributed by atoms with E-state index in [1.165, 1.54) is 5.56 Å². The monoisotopic (exact) mass is 287 g/mol. The maximum absolute atomic E-state index is 13.8. The second kappa shape index (κ2) is 7.74. The highest BCUT2D eigenvalue weighted by molar-refractivity contribution is 5.49. The Labute approximate surface area is 125 Å². The number of hydrogen-bond acceptors (Lipinski definition) is 3. The summed E-state index contributed by atoms with van der Waals surface area (Å²) in [5.41, 5.74) is 3.06. The van der Waals surface area contributed by atoms with E-state index in [0.29, 0.717) is 6.54 Å². The first-order chi connectivity index (χ1) is 10.2. The van der Waals surface area contributed by atoms with E-state index in [0.717, 1.165) is 30.9 Å². The molecule has 2 aromatic rings. The predicted octanol–water partition coefficient (Wildman–Crippen LogP) is 3.36. The van der Waals surface area contributed by atoms with Crippen LogP contribution >= 0.6 is 0 Å². The molecule has 0 amide bonds. The summed E-state index contributed by atoms with van der Waals surface area (Å²) in [6.07, 6.45) is 3.57. The third-order valence-corrected chi connectivity index (χ3v) is 3.39. The number of hydrogen-bond donors (Lipinski definition) is 1. The first-order valence-electron chi connectivity index (χ1n) is 7.37. The average Bonchev–Trinajstić information content (AvgIpc) is 2.51. The first kappa shape index (κ1) is 15.4. The summed E-state index contributed by atoms with van der Waals surface area (Å²) in [5, 5.41) is 3.23. The fourth-order valence-corrected chi connectivity index (χ4v) is 2.28. The zero-order valence-corrected chi connectivity index (χ0v) is 12.6. The summed E-state index contributed by atoms with van der Waals surface area (Å²) < 4.78 is 13.8. The van der Waals surface area contributed by atoms with E-state index in [9.17, 15) is 4.39 Å². The van der Waals surface area contributed by atoms with Crippen molar-refractivity contribution in [1.29, 1.82) is 0 Å². The van der Waals surface area contributed by atoms with Crippen LogP contribution in [0.2, 0.25) is 0 Å². The number of halogens is 1. The molecule has 0 atom stereocenters. The van der Waals surface area contributed by atoms with Gasteiger partial charge in [0.05, 0.1) is 0 Å². The van der Waals surface area contributed by atoms with Crippen LogP contribution < -0.4 is 10.2 Å². The molecule has 0 aliphatic carbocycles. The molecule has 1 aromatic heterocycles. The predicted molar refractivity (Wildman–Crippen MR) is 84.7 cm³/mol. The highest BCUT2D eigenvalue weighted by Gasteiger charge is 2.08. The molecule has 0 radical (unpaired) electrons. The molecule has 4 heteroatoms. The summed E-state index contributed by atoms with van der Waals surface area (Å²) in [6, 6.07) is 9.21. The van der Waals surface area contributed by atoms with Crippen LogP contribution in [-0.4, -0.2) is 18.1 Å². The third-order valence-electron chi connectivity index (χ3n) is 3.39. The van der Waals surface area contributed by atoms with Gasteiger partial charge in [-0.05, 0) is 54.9 Å². The summed E-state index contributed by atoms with van der Waals surface area (Å²) in [5.74, 6) is -0.186.